The maximum absolute atomic E-state index is 12.4. The Morgan fingerprint density at radius 1 is 1.12 bits per heavy atom. The highest BCUT2D eigenvalue weighted by Crippen LogP contribution is 2.27. The van der Waals surface area contributed by atoms with Crippen LogP contribution in [0.15, 0.2) is 24.3 Å². The van der Waals surface area contributed by atoms with Gasteiger partial charge < -0.3 is 4.90 Å². The molecule has 2 atom stereocenters. The fraction of sp³-hybridized carbons (Fsp3) is 0.550. The summed E-state index contributed by atoms with van der Waals surface area (Å²) < 4.78 is 0. The maximum Gasteiger partial charge on any atom is 0.261 e. The van der Waals surface area contributed by atoms with Crippen LogP contribution in [0.5, 0.6) is 0 Å². The van der Waals surface area contributed by atoms with Crippen LogP contribution in [0, 0.1) is 5.92 Å². The van der Waals surface area contributed by atoms with Gasteiger partial charge in [0.2, 0.25) is 5.91 Å². The lowest BCUT2D eigenvalue weighted by atomic mass is 10.0. The molecule has 3 amide bonds. The molecular weight excluding hydrogens is 316 g/mol. The van der Waals surface area contributed by atoms with Crippen molar-refractivity contribution in [2.24, 2.45) is 5.92 Å². The zero-order valence-corrected chi connectivity index (χ0v) is 15.0. The smallest absolute Gasteiger partial charge is 0.261 e. The highest BCUT2D eigenvalue weighted by molar-refractivity contribution is 6.21. The molecule has 1 saturated heterocycles. The van der Waals surface area contributed by atoms with E-state index in [1.54, 1.807) is 24.3 Å². The van der Waals surface area contributed by atoms with Crippen molar-refractivity contribution in [2.45, 2.75) is 52.0 Å². The number of rotatable bonds is 6. The van der Waals surface area contributed by atoms with Crippen LogP contribution < -0.4 is 0 Å². The second kappa shape index (κ2) is 7.38. The van der Waals surface area contributed by atoms with Gasteiger partial charge in [0.1, 0.15) is 0 Å². The molecule has 2 aliphatic rings. The molecule has 0 bridgehead atoms. The molecular formula is C20H26N2O3. The number of likely N-dealkylation sites (tertiary alicyclic amines) is 1. The van der Waals surface area contributed by atoms with Gasteiger partial charge in [-0.05, 0) is 43.7 Å². The number of benzene rings is 1. The molecule has 1 aromatic carbocycles. The molecule has 2 heterocycles. The van der Waals surface area contributed by atoms with E-state index in [0.717, 1.165) is 19.4 Å². The van der Waals surface area contributed by atoms with Crippen LogP contribution in [0.3, 0.4) is 0 Å². The van der Waals surface area contributed by atoms with Crippen molar-refractivity contribution in [2.75, 3.05) is 13.1 Å². The van der Waals surface area contributed by atoms with Crippen LogP contribution in [-0.4, -0.2) is 46.7 Å². The van der Waals surface area contributed by atoms with Gasteiger partial charge in [-0.1, -0.05) is 26.0 Å². The van der Waals surface area contributed by atoms with Crippen molar-refractivity contribution >= 4 is 17.7 Å². The molecule has 0 spiro atoms. The number of imide groups is 1. The molecule has 0 N–H and O–H groups in total. The number of amides is 3. The Morgan fingerprint density at radius 3 is 2.36 bits per heavy atom. The molecule has 0 radical (unpaired) electrons. The molecule has 3 rings (SSSR count). The number of nitrogens with zero attached hydrogens (tertiary/aromatic N) is 2. The van der Waals surface area contributed by atoms with Gasteiger partial charge >= 0.3 is 0 Å². The summed E-state index contributed by atoms with van der Waals surface area (Å²) in [5.74, 6) is 0.351. The lowest BCUT2D eigenvalue weighted by Crippen LogP contribution is -2.37. The van der Waals surface area contributed by atoms with Gasteiger partial charge in [0.15, 0.2) is 0 Å². The van der Waals surface area contributed by atoms with Crippen molar-refractivity contribution in [3.8, 4) is 0 Å². The van der Waals surface area contributed by atoms with Crippen molar-refractivity contribution in [1.82, 2.24) is 9.80 Å². The molecule has 25 heavy (non-hydrogen) atoms. The summed E-state index contributed by atoms with van der Waals surface area (Å²) in [4.78, 5) is 40.4. The molecule has 1 aromatic rings. The molecule has 2 aliphatic heterocycles. The van der Waals surface area contributed by atoms with Crippen LogP contribution >= 0.6 is 0 Å². The van der Waals surface area contributed by atoms with Crippen LogP contribution in [0.1, 0.15) is 66.7 Å². The first-order chi connectivity index (χ1) is 12.0. The van der Waals surface area contributed by atoms with Crippen LogP contribution in [0.2, 0.25) is 0 Å². The molecule has 5 heteroatoms. The third-order valence-corrected chi connectivity index (χ3v) is 5.52. The first-order valence-electron chi connectivity index (χ1n) is 9.29. The van der Waals surface area contributed by atoms with Crippen molar-refractivity contribution in [1.29, 1.82) is 0 Å². The van der Waals surface area contributed by atoms with E-state index in [0.29, 0.717) is 48.9 Å². The average molecular weight is 342 g/mol. The number of hydrogen-bond acceptors (Lipinski definition) is 3. The monoisotopic (exact) mass is 342 g/mol. The number of carbonyl (C=O) groups excluding carboxylic acids is 3. The van der Waals surface area contributed by atoms with Crippen LogP contribution in [0.25, 0.3) is 0 Å². The summed E-state index contributed by atoms with van der Waals surface area (Å²) >= 11 is 0. The molecule has 134 valence electrons. The second-order valence-corrected chi connectivity index (χ2v) is 7.09. The SMILES string of the molecule is CC[C@H]1[C@H](C)CCN1C(=O)CCCCN1C(=O)c2ccccc2C1=O. The Labute approximate surface area is 149 Å². The fourth-order valence-corrected chi connectivity index (χ4v) is 4.07. The Balaban J connectivity index is 1.47. The van der Waals surface area contributed by atoms with Crippen molar-refractivity contribution in [3.05, 3.63) is 35.4 Å². The Kier molecular flexibility index (Phi) is 5.21. The zero-order chi connectivity index (χ0) is 18.0. The number of hydrogen-bond donors (Lipinski definition) is 0. The van der Waals surface area contributed by atoms with E-state index in [-0.39, 0.29) is 17.7 Å². The summed E-state index contributed by atoms with van der Waals surface area (Å²) in [5.41, 5.74) is 0.973. The van der Waals surface area contributed by atoms with Gasteiger partial charge in [-0.15, -0.1) is 0 Å². The summed E-state index contributed by atoms with van der Waals surface area (Å²) in [7, 11) is 0. The minimum atomic E-state index is -0.216. The van der Waals surface area contributed by atoms with Gasteiger partial charge in [0.05, 0.1) is 11.1 Å². The third-order valence-electron chi connectivity index (χ3n) is 5.52. The first-order valence-corrected chi connectivity index (χ1v) is 9.29. The minimum absolute atomic E-state index is 0.207. The molecule has 0 saturated carbocycles. The van der Waals surface area contributed by atoms with Crippen LogP contribution in [0.4, 0.5) is 0 Å². The van der Waals surface area contributed by atoms with E-state index >= 15 is 0 Å². The predicted molar refractivity (Wildman–Crippen MR) is 95.2 cm³/mol. The summed E-state index contributed by atoms with van der Waals surface area (Å²) in [5, 5.41) is 0. The predicted octanol–water partition coefficient (Wildman–Crippen LogP) is 3.10. The molecule has 0 unspecified atom stereocenters. The fourth-order valence-electron chi connectivity index (χ4n) is 4.07. The quantitative estimate of drug-likeness (QED) is 0.590. The summed E-state index contributed by atoms with van der Waals surface area (Å²) in [6, 6.07) is 7.29. The third kappa shape index (κ3) is 3.32. The largest absolute Gasteiger partial charge is 0.339 e. The maximum atomic E-state index is 12.4. The van der Waals surface area contributed by atoms with Gasteiger partial charge in [-0.25, -0.2) is 0 Å². The first kappa shape index (κ1) is 17.6. The average Bonchev–Trinajstić information content (AvgIpc) is 3.11. The highest BCUT2D eigenvalue weighted by atomic mass is 16.2. The van der Waals surface area contributed by atoms with E-state index in [1.807, 2.05) is 4.90 Å². The zero-order valence-electron chi connectivity index (χ0n) is 15.0. The van der Waals surface area contributed by atoms with E-state index in [4.69, 9.17) is 0 Å². The number of unbranched alkanes of at least 4 members (excludes halogenated alkanes) is 1. The van der Waals surface area contributed by atoms with Gasteiger partial charge in [-0.3, -0.25) is 19.3 Å². The normalized spacial score (nSPS) is 22.6. The van der Waals surface area contributed by atoms with Gasteiger partial charge in [-0.2, -0.15) is 0 Å². The second-order valence-electron chi connectivity index (χ2n) is 7.09. The van der Waals surface area contributed by atoms with E-state index in [2.05, 4.69) is 13.8 Å². The van der Waals surface area contributed by atoms with Crippen molar-refractivity contribution in [3.63, 3.8) is 0 Å². The summed E-state index contributed by atoms with van der Waals surface area (Å²) in [6.07, 6.45) is 3.94. The minimum Gasteiger partial charge on any atom is -0.339 e. The molecule has 0 aromatic heterocycles. The Bertz CT molecular complexity index is 650. The standard InChI is InChI=1S/C20H26N2O3/c1-3-17-14(2)11-13-21(17)18(23)10-6-7-12-22-19(24)15-8-4-5-9-16(15)20(22)25/h4-5,8-9,14,17H,3,6-7,10-13H2,1-2H3/t14-,17+/m1/s1. The highest BCUT2D eigenvalue weighted by Gasteiger charge is 2.35. The van der Waals surface area contributed by atoms with E-state index in [1.165, 1.54) is 4.90 Å². The number of fused-ring (bicyclic) bond motifs is 1. The molecule has 5 nitrogen and oxygen atoms in total. The molecule has 0 aliphatic carbocycles. The number of carbonyl (C=O) groups is 3. The summed E-state index contributed by atoms with van der Waals surface area (Å²) in [6.45, 7) is 5.59. The van der Waals surface area contributed by atoms with Gasteiger partial charge in [0, 0.05) is 25.6 Å². The Hall–Kier alpha value is -2.17. The van der Waals surface area contributed by atoms with Crippen molar-refractivity contribution < 1.29 is 14.4 Å². The van der Waals surface area contributed by atoms with Crippen LogP contribution in [-0.2, 0) is 4.79 Å². The van der Waals surface area contributed by atoms with E-state index in [9.17, 15) is 14.4 Å². The molecule has 1 fully saturated rings. The lowest BCUT2D eigenvalue weighted by Gasteiger charge is -2.26. The lowest BCUT2D eigenvalue weighted by molar-refractivity contribution is -0.132. The van der Waals surface area contributed by atoms with E-state index < -0.39 is 0 Å². The topological polar surface area (TPSA) is 57.7 Å². The Morgan fingerprint density at radius 2 is 1.76 bits per heavy atom. The van der Waals surface area contributed by atoms with Gasteiger partial charge in [0.25, 0.3) is 11.8 Å².